The summed E-state index contributed by atoms with van der Waals surface area (Å²) in [5, 5.41) is 36.9. The van der Waals surface area contributed by atoms with Crippen molar-refractivity contribution in [2.75, 3.05) is 18.0 Å². The van der Waals surface area contributed by atoms with E-state index in [0.29, 0.717) is 42.1 Å². The Morgan fingerprint density at radius 1 is 1.21 bits per heavy atom. The molecule has 0 unspecified atom stereocenters. The van der Waals surface area contributed by atoms with E-state index in [1.54, 1.807) is 18.3 Å². The number of aromatic nitrogens is 3. The molecule has 3 N–H and O–H groups in total. The Hall–Kier alpha value is -3.81. The lowest BCUT2D eigenvalue weighted by Gasteiger charge is -2.22. The molecule has 0 radical (unpaired) electrons. The fourth-order valence-electron chi connectivity index (χ4n) is 4.34. The van der Waals surface area contributed by atoms with Crippen molar-refractivity contribution in [2.24, 2.45) is 0 Å². The first-order valence-corrected chi connectivity index (χ1v) is 10.6. The van der Waals surface area contributed by atoms with Gasteiger partial charge in [0.15, 0.2) is 5.82 Å². The van der Waals surface area contributed by atoms with Gasteiger partial charge in [0.25, 0.3) is 5.91 Å². The van der Waals surface area contributed by atoms with Crippen molar-refractivity contribution in [1.82, 2.24) is 20.1 Å². The Kier molecular flexibility index (Phi) is 5.28. The van der Waals surface area contributed by atoms with Gasteiger partial charge in [-0.05, 0) is 31.0 Å². The molecule has 2 aliphatic rings. The number of amides is 1. The van der Waals surface area contributed by atoms with Gasteiger partial charge in [-0.2, -0.15) is 10.4 Å². The third kappa shape index (κ3) is 3.71. The van der Waals surface area contributed by atoms with Crippen LogP contribution in [0.4, 0.5) is 10.2 Å². The Bertz CT molecular complexity index is 1280. The number of hydrogen-bond donors (Lipinski definition) is 3. The van der Waals surface area contributed by atoms with Gasteiger partial charge in [-0.1, -0.05) is 6.07 Å². The molecule has 10 heteroatoms. The van der Waals surface area contributed by atoms with E-state index in [2.05, 4.69) is 15.4 Å². The number of nitrogens with one attached hydrogen (secondary N) is 1. The number of anilines is 1. The van der Waals surface area contributed by atoms with Crippen molar-refractivity contribution in [3.8, 4) is 23.0 Å². The van der Waals surface area contributed by atoms with Crippen LogP contribution in [-0.4, -0.2) is 56.2 Å². The van der Waals surface area contributed by atoms with Crippen LogP contribution in [0, 0.1) is 17.1 Å². The lowest BCUT2D eigenvalue weighted by Crippen LogP contribution is -2.36. The summed E-state index contributed by atoms with van der Waals surface area (Å²) in [5.74, 6) is -0.307. The minimum atomic E-state index is -0.884. The zero-order valence-electron chi connectivity index (χ0n) is 17.6. The summed E-state index contributed by atoms with van der Waals surface area (Å²) in [6, 6.07) is 9.55. The van der Waals surface area contributed by atoms with Crippen LogP contribution in [0.25, 0.3) is 16.9 Å². The first kappa shape index (κ1) is 21.1. The molecule has 2 atom stereocenters. The molecule has 4 heterocycles. The normalized spacial score (nSPS) is 20.2. The lowest BCUT2D eigenvalue weighted by molar-refractivity contribution is 0.0249. The van der Waals surface area contributed by atoms with Crippen LogP contribution in [0.15, 0.2) is 36.5 Å². The van der Waals surface area contributed by atoms with Crippen molar-refractivity contribution in [3.05, 3.63) is 59.2 Å². The van der Waals surface area contributed by atoms with Gasteiger partial charge in [0.1, 0.15) is 5.82 Å². The standard InChI is InChI=1S/C23H21FN6O3/c24-14-4-1-3-13(10-25)21(14)15-9-17(22-16(27-15)11-26-23(22)33)30-8-6-20(28-30)29-7-2-5-18(31)19(32)12-29/h1,3-4,6,8-9,18-19,31-32H,2,5,7,11-12H2,(H,26,33)/t18-,19+/m0/s1. The molecule has 9 nitrogen and oxygen atoms in total. The number of aliphatic hydroxyl groups excluding tert-OH is 2. The molecule has 0 aliphatic carbocycles. The predicted molar refractivity (Wildman–Crippen MR) is 116 cm³/mol. The third-order valence-corrected chi connectivity index (χ3v) is 6.03. The number of halogens is 1. The SMILES string of the molecule is N#Cc1cccc(F)c1-c1cc(-n2ccc(N3CCC[C@H](O)[C@H](O)C3)n2)c2c(n1)CNC2=O. The van der Waals surface area contributed by atoms with Gasteiger partial charge in [0.05, 0.1) is 58.6 Å². The highest BCUT2D eigenvalue weighted by molar-refractivity contribution is 6.01. The van der Waals surface area contributed by atoms with Crippen LogP contribution >= 0.6 is 0 Å². The monoisotopic (exact) mass is 448 g/mol. The van der Waals surface area contributed by atoms with Gasteiger partial charge in [-0.15, -0.1) is 0 Å². The molecular weight excluding hydrogens is 427 g/mol. The second kappa shape index (κ2) is 8.27. The highest BCUT2D eigenvalue weighted by Gasteiger charge is 2.29. The van der Waals surface area contributed by atoms with Gasteiger partial charge in [-0.3, -0.25) is 4.79 Å². The van der Waals surface area contributed by atoms with Crippen LogP contribution in [0.5, 0.6) is 0 Å². The minimum absolute atomic E-state index is 0.0698. The number of rotatable bonds is 3. The Morgan fingerprint density at radius 3 is 2.88 bits per heavy atom. The zero-order chi connectivity index (χ0) is 23.1. The van der Waals surface area contributed by atoms with Crippen LogP contribution in [-0.2, 0) is 6.54 Å². The molecule has 3 aromatic rings. The molecule has 1 saturated heterocycles. The molecule has 1 amide bonds. The van der Waals surface area contributed by atoms with E-state index in [1.807, 2.05) is 11.0 Å². The van der Waals surface area contributed by atoms with Crippen molar-refractivity contribution < 1.29 is 19.4 Å². The average Bonchev–Trinajstić information content (AvgIpc) is 3.40. The van der Waals surface area contributed by atoms with Gasteiger partial charge in [0.2, 0.25) is 0 Å². The van der Waals surface area contributed by atoms with Gasteiger partial charge >= 0.3 is 0 Å². The van der Waals surface area contributed by atoms with E-state index in [-0.39, 0.29) is 35.8 Å². The zero-order valence-corrected chi connectivity index (χ0v) is 17.6. The topological polar surface area (TPSA) is 127 Å². The number of benzene rings is 1. The summed E-state index contributed by atoms with van der Waals surface area (Å²) in [6.45, 7) is 1.04. The number of fused-ring (bicyclic) bond motifs is 1. The maximum atomic E-state index is 14.7. The first-order chi connectivity index (χ1) is 16.0. The van der Waals surface area contributed by atoms with Gasteiger partial charge in [0, 0.05) is 25.4 Å². The van der Waals surface area contributed by atoms with Crippen molar-refractivity contribution in [1.29, 1.82) is 5.26 Å². The molecule has 0 saturated carbocycles. The molecule has 33 heavy (non-hydrogen) atoms. The Labute approximate surface area is 188 Å². The minimum Gasteiger partial charge on any atom is -0.390 e. The summed E-state index contributed by atoms with van der Waals surface area (Å²) in [6.07, 6.45) is 1.23. The van der Waals surface area contributed by atoms with E-state index in [0.717, 1.165) is 0 Å². The Morgan fingerprint density at radius 2 is 2.06 bits per heavy atom. The number of pyridine rings is 1. The molecule has 2 aromatic heterocycles. The van der Waals surface area contributed by atoms with Crippen LogP contribution in [0.3, 0.4) is 0 Å². The van der Waals surface area contributed by atoms with E-state index in [4.69, 9.17) is 0 Å². The molecule has 0 bridgehead atoms. The van der Waals surface area contributed by atoms with E-state index in [9.17, 15) is 24.7 Å². The number of aliphatic hydroxyl groups is 2. The number of nitriles is 1. The molecule has 0 spiro atoms. The second-order valence-corrected chi connectivity index (χ2v) is 8.15. The van der Waals surface area contributed by atoms with Crippen LogP contribution < -0.4 is 10.2 Å². The van der Waals surface area contributed by atoms with Crippen LogP contribution in [0.1, 0.15) is 34.5 Å². The van der Waals surface area contributed by atoms with Crippen molar-refractivity contribution in [2.45, 2.75) is 31.6 Å². The molecule has 168 valence electrons. The lowest BCUT2D eigenvalue weighted by atomic mass is 10.0. The average molecular weight is 448 g/mol. The number of carbonyl (C=O) groups is 1. The molecular formula is C23H21FN6O3. The maximum Gasteiger partial charge on any atom is 0.255 e. The number of carbonyl (C=O) groups excluding carboxylic acids is 1. The summed E-state index contributed by atoms with van der Waals surface area (Å²) in [7, 11) is 0. The highest BCUT2D eigenvalue weighted by Crippen LogP contribution is 2.31. The molecule has 1 aromatic carbocycles. The smallest absolute Gasteiger partial charge is 0.255 e. The first-order valence-electron chi connectivity index (χ1n) is 10.6. The summed E-state index contributed by atoms with van der Waals surface area (Å²) >= 11 is 0. The maximum absolute atomic E-state index is 14.7. The quantitative estimate of drug-likeness (QED) is 0.554. The van der Waals surface area contributed by atoms with Gasteiger partial charge < -0.3 is 20.4 Å². The van der Waals surface area contributed by atoms with E-state index in [1.165, 1.54) is 22.9 Å². The largest absolute Gasteiger partial charge is 0.390 e. The molecule has 1 fully saturated rings. The number of β-amino-alcohol motifs (C(OH)–C–C–N with tert-alkyl or cyclic N) is 1. The predicted octanol–water partition coefficient (Wildman–Crippen LogP) is 1.51. The van der Waals surface area contributed by atoms with E-state index >= 15 is 0 Å². The third-order valence-electron chi connectivity index (χ3n) is 6.03. The molecule has 5 rings (SSSR count). The fraction of sp³-hybridized carbons (Fsp3) is 0.304. The van der Waals surface area contributed by atoms with Crippen molar-refractivity contribution >= 4 is 11.7 Å². The molecule has 2 aliphatic heterocycles. The second-order valence-electron chi connectivity index (χ2n) is 8.15. The van der Waals surface area contributed by atoms with Crippen molar-refractivity contribution in [3.63, 3.8) is 0 Å². The van der Waals surface area contributed by atoms with Gasteiger partial charge in [-0.25, -0.2) is 14.1 Å². The fourth-order valence-corrected chi connectivity index (χ4v) is 4.34. The number of nitrogens with zero attached hydrogens (tertiary/aromatic N) is 5. The van der Waals surface area contributed by atoms with Crippen LogP contribution in [0.2, 0.25) is 0 Å². The number of hydrogen-bond acceptors (Lipinski definition) is 7. The highest BCUT2D eigenvalue weighted by atomic mass is 19.1. The summed E-state index contributed by atoms with van der Waals surface area (Å²) < 4.78 is 16.2. The Balaban J connectivity index is 1.60. The van der Waals surface area contributed by atoms with E-state index < -0.39 is 18.0 Å². The summed E-state index contributed by atoms with van der Waals surface area (Å²) in [4.78, 5) is 18.9. The summed E-state index contributed by atoms with van der Waals surface area (Å²) in [5.41, 5.74) is 1.66.